The van der Waals surface area contributed by atoms with Crippen LogP contribution in [0.25, 0.3) is 10.9 Å². The number of halogens is 1. The summed E-state index contributed by atoms with van der Waals surface area (Å²) in [5.74, 6) is -0.840. The molecule has 212 valence electrons. The maximum absolute atomic E-state index is 12.8. The minimum atomic E-state index is -2.27. The number of nitrogens with two attached hydrogens (primary N) is 1. The third kappa shape index (κ3) is 6.76. The van der Waals surface area contributed by atoms with Crippen molar-refractivity contribution in [1.82, 2.24) is 15.2 Å². The van der Waals surface area contributed by atoms with Gasteiger partial charge in [-0.05, 0) is 54.7 Å². The van der Waals surface area contributed by atoms with E-state index in [1.807, 2.05) is 6.07 Å². The molecule has 5 rings (SSSR count). The Morgan fingerprint density at radius 1 is 1.13 bits per heavy atom. The molecule has 2 aliphatic heterocycles. The highest BCUT2D eigenvalue weighted by Gasteiger charge is 2.55. The molecule has 1 saturated carbocycles. The fourth-order valence-electron chi connectivity index (χ4n) is 5.47. The lowest BCUT2D eigenvalue weighted by Gasteiger charge is -2.28. The molecule has 13 heteroatoms. The van der Waals surface area contributed by atoms with E-state index in [0.717, 1.165) is 42.9 Å². The summed E-state index contributed by atoms with van der Waals surface area (Å²) in [7, 11) is 0. The van der Waals surface area contributed by atoms with E-state index in [1.165, 1.54) is 32.5 Å². The molecule has 1 amide bonds. The zero-order valence-corrected chi connectivity index (χ0v) is 22.0. The number of rotatable bonds is 8. The van der Waals surface area contributed by atoms with Crippen LogP contribution in [0.15, 0.2) is 24.4 Å². The van der Waals surface area contributed by atoms with Crippen LogP contribution in [0.2, 0.25) is 5.02 Å². The molecule has 3 fully saturated rings. The molecule has 1 aliphatic carbocycles. The molecule has 2 saturated heterocycles. The maximum Gasteiger partial charge on any atom is 0.335 e. The van der Waals surface area contributed by atoms with Gasteiger partial charge in [-0.25, -0.2) is 9.59 Å². The molecule has 3 aliphatic rings. The molecule has 2 aromatic rings. The van der Waals surface area contributed by atoms with Crippen molar-refractivity contribution in [1.29, 1.82) is 0 Å². The molecular weight excluding hydrogens is 532 g/mol. The number of fused-ring (bicyclic) bond motifs is 2. The molecular formula is C26H33ClN4O8. The predicted molar refractivity (Wildman–Crippen MR) is 141 cm³/mol. The quantitative estimate of drug-likeness (QED) is 0.247. The summed E-state index contributed by atoms with van der Waals surface area (Å²) < 4.78 is 5.46. The summed E-state index contributed by atoms with van der Waals surface area (Å²) in [6, 6.07) is 5.28. The summed E-state index contributed by atoms with van der Waals surface area (Å²) in [4.78, 5) is 39.3. The number of piperidine rings is 1. The van der Waals surface area contributed by atoms with Gasteiger partial charge in [0, 0.05) is 51.0 Å². The minimum absolute atomic E-state index is 0.125. The lowest BCUT2D eigenvalue weighted by atomic mass is 9.99. The number of aliphatic hydroxyl groups is 2. The van der Waals surface area contributed by atoms with Gasteiger partial charge in [0.25, 0.3) is 5.91 Å². The molecule has 1 aromatic carbocycles. The smallest absolute Gasteiger partial charge is 0.335 e. The van der Waals surface area contributed by atoms with Crippen LogP contribution in [0.1, 0.15) is 23.2 Å². The van der Waals surface area contributed by atoms with Crippen molar-refractivity contribution in [2.75, 3.05) is 45.1 Å². The van der Waals surface area contributed by atoms with Gasteiger partial charge >= 0.3 is 11.9 Å². The Kier molecular flexibility index (Phi) is 9.23. The number of aliphatic carboxylic acids is 2. The Bertz CT molecular complexity index is 1190. The number of likely N-dealkylation sites (tertiary alicyclic amines) is 1. The number of carbonyl (C=O) groups excluding carboxylic acids is 1. The number of anilines is 1. The molecule has 3 heterocycles. The van der Waals surface area contributed by atoms with E-state index in [9.17, 15) is 14.4 Å². The molecule has 4 atom stereocenters. The largest absolute Gasteiger partial charge is 0.479 e. The monoisotopic (exact) mass is 564 g/mol. The molecule has 2 unspecified atom stereocenters. The number of hydrogen-bond donors (Lipinski definition) is 6. The number of aromatic nitrogens is 1. The number of nitrogen functional groups attached to an aromatic ring is 1. The first-order valence-electron chi connectivity index (χ1n) is 12.8. The van der Waals surface area contributed by atoms with E-state index in [1.54, 1.807) is 18.3 Å². The summed E-state index contributed by atoms with van der Waals surface area (Å²) in [5, 5.41) is 36.7. The number of nitrogens with zero attached hydrogens (tertiary/aromatic N) is 2. The number of carboxylic acid groups (broad SMARTS) is 2. The van der Waals surface area contributed by atoms with E-state index in [2.05, 4.69) is 15.2 Å². The lowest BCUT2D eigenvalue weighted by Crippen LogP contribution is -2.39. The van der Waals surface area contributed by atoms with Crippen LogP contribution in [0.3, 0.4) is 0 Å². The Balaban J connectivity index is 0.000000303. The van der Waals surface area contributed by atoms with Crippen LogP contribution in [-0.4, -0.2) is 99.8 Å². The van der Waals surface area contributed by atoms with E-state index in [4.69, 9.17) is 42.5 Å². The summed E-state index contributed by atoms with van der Waals surface area (Å²) >= 11 is 6.24. The second-order valence-electron chi connectivity index (χ2n) is 10.3. The molecule has 39 heavy (non-hydrogen) atoms. The Morgan fingerprint density at radius 2 is 1.74 bits per heavy atom. The summed E-state index contributed by atoms with van der Waals surface area (Å²) in [5.41, 5.74) is 7.61. The number of nitrogens with one attached hydrogen (secondary N) is 1. The van der Waals surface area contributed by atoms with Crippen molar-refractivity contribution >= 4 is 46.0 Å². The number of carboxylic acids is 2. The lowest BCUT2D eigenvalue weighted by molar-refractivity contribution is -0.165. The van der Waals surface area contributed by atoms with Crippen LogP contribution in [-0.2, 0) is 14.3 Å². The van der Waals surface area contributed by atoms with Crippen LogP contribution in [0.5, 0.6) is 0 Å². The second kappa shape index (κ2) is 12.4. The second-order valence-corrected chi connectivity index (χ2v) is 10.7. The number of amides is 1. The van der Waals surface area contributed by atoms with Crippen molar-refractivity contribution in [3.63, 3.8) is 0 Å². The van der Waals surface area contributed by atoms with Gasteiger partial charge < -0.3 is 41.1 Å². The fraction of sp³-hybridized carbons (Fsp3) is 0.538. The van der Waals surface area contributed by atoms with Crippen molar-refractivity contribution in [3.8, 4) is 0 Å². The normalized spacial score (nSPS) is 24.2. The van der Waals surface area contributed by atoms with Crippen LogP contribution >= 0.6 is 11.6 Å². The number of benzene rings is 1. The number of pyridine rings is 1. The molecule has 1 aromatic heterocycles. The minimum Gasteiger partial charge on any atom is -0.479 e. The van der Waals surface area contributed by atoms with Gasteiger partial charge in [-0.2, -0.15) is 0 Å². The zero-order chi connectivity index (χ0) is 28.3. The number of carbonyl (C=O) groups is 3. The van der Waals surface area contributed by atoms with Gasteiger partial charge in [0.2, 0.25) is 0 Å². The first-order valence-corrected chi connectivity index (χ1v) is 13.2. The Morgan fingerprint density at radius 3 is 2.33 bits per heavy atom. The molecule has 0 spiro atoms. The Hall–Kier alpha value is -3.03. The predicted octanol–water partition coefficient (Wildman–Crippen LogP) is 0.682. The van der Waals surface area contributed by atoms with Crippen molar-refractivity contribution in [2.24, 2.45) is 23.7 Å². The number of aliphatic hydroxyl groups excluding tert-OH is 2. The average molecular weight is 565 g/mol. The van der Waals surface area contributed by atoms with Gasteiger partial charge in [0.1, 0.15) is 0 Å². The highest BCUT2D eigenvalue weighted by molar-refractivity contribution is 6.35. The highest BCUT2D eigenvalue weighted by atomic mass is 35.5. The third-order valence-electron chi connectivity index (χ3n) is 7.73. The number of hydrogen-bond acceptors (Lipinski definition) is 9. The topological polar surface area (TPSA) is 196 Å². The SMILES string of the molecule is Nc1c(Cl)cc(C(=O)NCC2C3CN(CC4CCOCC4)CC23)c2ncccc12.O=C(O)[C@H](O)[C@@H](O)C(=O)O. The molecule has 7 N–H and O–H groups in total. The summed E-state index contributed by atoms with van der Waals surface area (Å²) in [6.45, 7) is 6.09. The van der Waals surface area contributed by atoms with Gasteiger partial charge in [-0.3, -0.25) is 9.78 Å². The van der Waals surface area contributed by atoms with Crippen LogP contribution in [0, 0.1) is 23.7 Å². The van der Waals surface area contributed by atoms with Crippen LogP contribution < -0.4 is 11.1 Å². The van der Waals surface area contributed by atoms with Crippen molar-refractivity contribution in [2.45, 2.75) is 25.0 Å². The van der Waals surface area contributed by atoms with Gasteiger partial charge in [0.05, 0.1) is 21.8 Å². The Labute approximate surface area is 229 Å². The van der Waals surface area contributed by atoms with Gasteiger partial charge in [0.15, 0.2) is 12.2 Å². The maximum atomic E-state index is 12.8. The van der Waals surface area contributed by atoms with E-state index in [-0.39, 0.29) is 5.91 Å². The van der Waals surface area contributed by atoms with E-state index < -0.39 is 24.1 Å². The number of ether oxygens (including phenoxy) is 1. The van der Waals surface area contributed by atoms with Crippen molar-refractivity contribution < 1.29 is 39.5 Å². The average Bonchev–Trinajstić information content (AvgIpc) is 3.39. The van der Waals surface area contributed by atoms with Crippen LogP contribution in [0.4, 0.5) is 5.69 Å². The van der Waals surface area contributed by atoms with E-state index in [0.29, 0.717) is 27.7 Å². The third-order valence-corrected chi connectivity index (χ3v) is 8.05. The van der Waals surface area contributed by atoms with Crippen molar-refractivity contribution in [3.05, 3.63) is 35.0 Å². The molecule has 0 bridgehead atoms. The highest BCUT2D eigenvalue weighted by Crippen LogP contribution is 2.51. The standard InChI is InChI=1S/C22H27ClN4O2.C4H6O6/c23-19-8-15(21-14(20(19)24)2-1-5-25-21)22(28)26-9-16-17-11-27(12-18(16)17)10-13-3-6-29-7-4-13;5-1(3(7)8)2(6)4(9)10/h1-2,5,8,13,16-18H,3-4,6-7,9-12,24H2,(H,26,28);1-2,5-6H,(H,7,8)(H,9,10)/t;1-,2-/m.1/s1. The summed E-state index contributed by atoms with van der Waals surface area (Å²) in [6.07, 6.45) is -0.477. The molecule has 12 nitrogen and oxygen atoms in total. The first kappa shape index (κ1) is 29.0. The first-order chi connectivity index (χ1) is 18.6. The zero-order valence-electron chi connectivity index (χ0n) is 21.2. The van der Waals surface area contributed by atoms with Gasteiger partial charge in [-0.15, -0.1) is 0 Å². The fourth-order valence-corrected chi connectivity index (χ4v) is 5.68. The molecule has 0 radical (unpaired) electrons. The van der Waals surface area contributed by atoms with E-state index >= 15 is 0 Å². The van der Waals surface area contributed by atoms with Gasteiger partial charge in [-0.1, -0.05) is 11.6 Å².